The number of aryl methyl sites for hydroxylation is 1. The molecule has 1 saturated heterocycles. The Kier molecular flexibility index (Phi) is 10.2. The Morgan fingerprint density at radius 1 is 0.810 bits per heavy atom. The number of hydrogen-bond donors (Lipinski definition) is 0. The summed E-state index contributed by atoms with van der Waals surface area (Å²) in [5.41, 5.74) is 5.21. The monoisotopic (exact) mass is 593 g/mol. The molecule has 8 nitrogen and oxygen atoms in total. The molecular formula is C33H39NO7S. The van der Waals surface area contributed by atoms with Gasteiger partial charge in [0, 0.05) is 6.54 Å². The van der Waals surface area contributed by atoms with E-state index in [1.54, 1.807) is 14.2 Å². The first-order chi connectivity index (χ1) is 20.4. The fraction of sp³-hybridized carbons (Fsp3) is 0.394. The Labute approximate surface area is 248 Å². The van der Waals surface area contributed by atoms with Gasteiger partial charge in [0.15, 0.2) is 0 Å². The van der Waals surface area contributed by atoms with Gasteiger partial charge in [-0.05, 0) is 109 Å². The third-order valence-electron chi connectivity index (χ3n) is 7.81. The van der Waals surface area contributed by atoms with E-state index in [1.165, 1.54) is 19.3 Å². The molecule has 0 bridgehead atoms. The number of methoxy groups -OCH3 is 2. The molecule has 0 radical (unpaired) electrons. The topological polar surface area (TPSA) is 83.5 Å². The molecule has 0 unspecified atom stereocenters. The van der Waals surface area contributed by atoms with Gasteiger partial charge in [0.05, 0.1) is 14.2 Å². The van der Waals surface area contributed by atoms with Gasteiger partial charge in [0.25, 0.3) is 10.1 Å². The first-order valence-electron chi connectivity index (χ1n) is 14.5. The summed E-state index contributed by atoms with van der Waals surface area (Å²) in [6.07, 6.45) is 5.27. The van der Waals surface area contributed by atoms with Crippen LogP contribution in [0, 0.1) is 0 Å². The zero-order valence-corrected chi connectivity index (χ0v) is 25.2. The highest BCUT2D eigenvalue weighted by atomic mass is 32.2. The summed E-state index contributed by atoms with van der Waals surface area (Å²) in [5, 5.41) is 0. The minimum absolute atomic E-state index is 0.0110. The minimum Gasteiger partial charge on any atom is -0.497 e. The number of hydrogen-bond acceptors (Lipinski definition) is 8. The molecule has 1 heterocycles. The number of benzene rings is 3. The van der Waals surface area contributed by atoms with Crippen LogP contribution in [-0.2, 0) is 32.4 Å². The van der Waals surface area contributed by atoms with Crippen molar-refractivity contribution in [2.24, 2.45) is 0 Å². The lowest BCUT2D eigenvalue weighted by Gasteiger charge is -2.26. The molecular weight excluding hydrogens is 554 g/mol. The van der Waals surface area contributed by atoms with Crippen molar-refractivity contribution in [3.63, 3.8) is 0 Å². The van der Waals surface area contributed by atoms with E-state index in [0.29, 0.717) is 24.4 Å². The van der Waals surface area contributed by atoms with Crippen LogP contribution in [0.5, 0.6) is 17.2 Å². The normalized spacial score (nSPS) is 15.8. The van der Waals surface area contributed by atoms with Gasteiger partial charge in [-0.15, -0.1) is 4.33 Å². The molecule has 42 heavy (non-hydrogen) atoms. The van der Waals surface area contributed by atoms with Gasteiger partial charge in [0.2, 0.25) is 0 Å². The predicted octanol–water partition coefficient (Wildman–Crippen LogP) is 5.90. The number of allylic oxidation sites excluding steroid dienone is 1. The predicted molar refractivity (Wildman–Crippen MR) is 163 cm³/mol. The van der Waals surface area contributed by atoms with Crippen molar-refractivity contribution >= 4 is 21.3 Å². The number of rotatable bonds is 13. The summed E-state index contributed by atoms with van der Waals surface area (Å²) in [7, 11) is -0.834. The van der Waals surface area contributed by atoms with Crippen molar-refractivity contribution in [2.45, 2.75) is 38.7 Å². The number of nitrogens with zero attached hydrogens (tertiary/aromatic N) is 1. The van der Waals surface area contributed by atoms with Gasteiger partial charge < -0.3 is 14.2 Å². The number of ether oxygens (including phenoxy) is 3. The maximum Gasteiger partial charge on any atom is 0.297 e. The van der Waals surface area contributed by atoms with E-state index in [4.69, 9.17) is 23.4 Å². The van der Waals surface area contributed by atoms with Crippen molar-refractivity contribution in [1.82, 2.24) is 4.90 Å². The second-order valence-corrected chi connectivity index (χ2v) is 12.2. The lowest BCUT2D eigenvalue weighted by atomic mass is 9.83. The molecule has 2 aliphatic rings. The second-order valence-electron chi connectivity index (χ2n) is 10.6. The molecule has 0 aromatic heterocycles. The largest absolute Gasteiger partial charge is 0.497 e. The molecule has 5 rings (SSSR count). The average Bonchev–Trinajstić information content (AvgIpc) is 3.02. The van der Waals surface area contributed by atoms with E-state index >= 15 is 0 Å². The van der Waals surface area contributed by atoms with Gasteiger partial charge in [-0.3, -0.25) is 4.90 Å². The number of piperidine rings is 1. The van der Waals surface area contributed by atoms with E-state index < -0.39 is 10.1 Å². The zero-order chi connectivity index (χ0) is 29.4. The lowest BCUT2D eigenvalue weighted by Crippen LogP contribution is -2.33. The lowest BCUT2D eigenvalue weighted by molar-refractivity contribution is -0.212. The highest BCUT2D eigenvalue weighted by molar-refractivity contribution is 7.87. The molecule has 1 fully saturated rings. The fourth-order valence-corrected chi connectivity index (χ4v) is 6.52. The quantitative estimate of drug-likeness (QED) is 0.179. The average molecular weight is 594 g/mol. The van der Waals surface area contributed by atoms with E-state index in [-0.39, 0.29) is 12.4 Å². The van der Waals surface area contributed by atoms with Gasteiger partial charge in [-0.25, -0.2) is 4.89 Å². The third-order valence-corrected chi connectivity index (χ3v) is 8.76. The SMILES string of the molecule is COc1cccc(C2=C(CS(=O)(=O)OOCc3ccc(OCCN4CCCCC4)cc3)c3ccc(OC)cc3CC2)c1. The molecule has 0 amide bonds. The molecule has 0 saturated carbocycles. The smallest absolute Gasteiger partial charge is 0.297 e. The van der Waals surface area contributed by atoms with Gasteiger partial charge >= 0.3 is 0 Å². The van der Waals surface area contributed by atoms with Crippen LogP contribution in [-0.4, -0.2) is 59.5 Å². The van der Waals surface area contributed by atoms with Crippen LogP contribution in [0.15, 0.2) is 66.7 Å². The number of likely N-dealkylation sites (tertiary alicyclic amines) is 1. The zero-order valence-electron chi connectivity index (χ0n) is 24.3. The van der Waals surface area contributed by atoms with E-state index in [2.05, 4.69) is 4.90 Å². The van der Waals surface area contributed by atoms with E-state index in [0.717, 1.165) is 65.4 Å². The number of fused-ring (bicyclic) bond motifs is 1. The minimum atomic E-state index is -4.07. The van der Waals surface area contributed by atoms with Crippen LogP contribution in [0.2, 0.25) is 0 Å². The molecule has 1 aliphatic carbocycles. The van der Waals surface area contributed by atoms with Crippen LogP contribution in [0.25, 0.3) is 11.1 Å². The first kappa shape index (κ1) is 30.1. The fourth-order valence-electron chi connectivity index (χ4n) is 5.59. The first-order valence-corrected chi connectivity index (χ1v) is 16.0. The molecule has 0 spiro atoms. The van der Waals surface area contributed by atoms with Crippen molar-refractivity contribution in [2.75, 3.05) is 46.2 Å². The molecule has 0 atom stereocenters. The van der Waals surface area contributed by atoms with Crippen molar-refractivity contribution < 1.29 is 31.8 Å². The van der Waals surface area contributed by atoms with Crippen LogP contribution in [0.4, 0.5) is 0 Å². The molecule has 9 heteroatoms. The molecule has 3 aromatic rings. The van der Waals surface area contributed by atoms with E-state index in [9.17, 15) is 8.42 Å². The van der Waals surface area contributed by atoms with Crippen LogP contribution in [0.3, 0.4) is 0 Å². The van der Waals surface area contributed by atoms with Gasteiger partial charge in [0.1, 0.15) is 36.2 Å². The third kappa shape index (κ3) is 7.92. The van der Waals surface area contributed by atoms with Crippen LogP contribution >= 0.6 is 0 Å². The summed E-state index contributed by atoms with van der Waals surface area (Å²) in [6, 6.07) is 20.8. The Morgan fingerprint density at radius 2 is 1.55 bits per heavy atom. The van der Waals surface area contributed by atoms with Crippen molar-refractivity contribution in [3.8, 4) is 17.2 Å². The second kappa shape index (κ2) is 14.2. The molecule has 3 aromatic carbocycles. The standard InChI is InChI=1S/C33H39NO7S/c1-37-29-8-6-7-26(21-29)31-15-11-27-22-30(38-2)14-16-32(27)33(31)24-42(35,36)41-40-23-25-9-12-28(13-10-25)39-20-19-34-17-4-3-5-18-34/h6-10,12-14,16,21-22H,3-5,11,15,17-20,23-24H2,1-2H3. The Balaban J connectivity index is 1.23. The highest BCUT2D eigenvalue weighted by Crippen LogP contribution is 2.40. The summed E-state index contributed by atoms with van der Waals surface area (Å²) in [5.74, 6) is 1.89. The Morgan fingerprint density at radius 3 is 2.31 bits per heavy atom. The van der Waals surface area contributed by atoms with Crippen molar-refractivity contribution in [1.29, 1.82) is 0 Å². The van der Waals surface area contributed by atoms with Crippen LogP contribution in [0.1, 0.15) is 47.9 Å². The van der Waals surface area contributed by atoms with E-state index in [1.807, 2.05) is 66.7 Å². The van der Waals surface area contributed by atoms with Crippen molar-refractivity contribution in [3.05, 3.63) is 89.0 Å². The maximum atomic E-state index is 13.2. The summed E-state index contributed by atoms with van der Waals surface area (Å²) < 4.78 is 48.1. The summed E-state index contributed by atoms with van der Waals surface area (Å²) in [4.78, 5) is 7.66. The van der Waals surface area contributed by atoms with Gasteiger partial charge in [-0.2, -0.15) is 8.42 Å². The Bertz CT molecular complexity index is 1480. The summed E-state index contributed by atoms with van der Waals surface area (Å²) >= 11 is 0. The Hall–Kier alpha value is -3.37. The molecule has 0 N–H and O–H groups in total. The van der Waals surface area contributed by atoms with Crippen LogP contribution < -0.4 is 14.2 Å². The highest BCUT2D eigenvalue weighted by Gasteiger charge is 2.26. The van der Waals surface area contributed by atoms with Gasteiger partial charge in [-0.1, -0.05) is 36.8 Å². The molecule has 224 valence electrons. The molecule has 1 aliphatic heterocycles. The maximum absolute atomic E-state index is 13.2. The summed E-state index contributed by atoms with van der Waals surface area (Å²) in [6.45, 7) is 3.83.